The summed E-state index contributed by atoms with van der Waals surface area (Å²) in [6.07, 6.45) is -0.219. The smallest absolute Gasteiger partial charge is 0.176 e. The molecule has 0 aliphatic carbocycles. The lowest BCUT2D eigenvalue weighted by Crippen LogP contribution is -2.35. The number of ether oxygens (including phenoxy) is 3. The Kier molecular flexibility index (Phi) is 6.84. The van der Waals surface area contributed by atoms with Gasteiger partial charge in [-0.25, -0.2) is 0 Å². The van der Waals surface area contributed by atoms with Gasteiger partial charge in [0.2, 0.25) is 0 Å². The highest BCUT2D eigenvalue weighted by Crippen LogP contribution is 2.29. The maximum Gasteiger partial charge on any atom is 0.176 e. The van der Waals surface area contributed by atoms with Crippen LogP contribution in [0.15, 0.2) is 24.3 Å². The highest BCUT2D eigenvalue weighted by molar-refractivity contribution is 5.36. The van der Waals surface area contributed by atoms with Crippen molar-refractivity contribution < 1.29 is 14.2 Å². The lowest BCUT2D eigenvalue weighted by Gasteiger charge is -2.27. The van der Waals surface area contributed by atoms with Gasteiger partial charge >= 0.3 is 0 Å². The Morgan fingerprint density at radius 1 is 1.11 bits per heavy atom. The molecule has 0 spiro atoms. The third-order valence-electron chi connectivity index (χ3n) is 2.78. The zero-order valence-corrected chi connectivity index (χ0v) is 12.5. The molecule has 0 saturated heterocycles. The number of hydrogen-bond donors (Lipinski definition) is 1. The van der Waals surface area contributed by atoms with Gasteiger partial charge < -0.3 is 19.5 Å². The first-order valence-corrected chi connectivity index (χ1v) is 6.68. The number of rotatable bonds is 8. The van der Waals surface area contributed by atoms with E-state index in [1.165, 1.54) is 0 Å². The van der Waals surface area contributed by atoms with Crippen molar-refractivity contribution in [3.63, 3.8) is 0 Å². The summed E-state index contributed by atoms with van der Waals surface area (Å²) < 4.78 is 16.6. The molecule has 1 rings (SSSR count). The van der Waals surface area contributed by atoms with E-state index >= 15 is 0 Å². The van der Waals surface area contributed by atoms with Gasteiger partial charge in [0.1, 0.15) is 5.75 Å². The minimum absolute atomic E-state index is 0.0602. The van der Waals surface area contributed by atoms with E-state index < -0.39 is 0 Å². The van der Waals surface area contributed by atoms with E-state index in [0.29, 0.717) is 0 Å². The van der Waals surface area contributed by atoms with Crippen molar-refractivity contribution in [2.45, 2.75) is 39.2 Å². The summed E-state index contributed by atoms with van der Waals surface area (Å²) in [7, 11) is 3.29. The van der Waals surface area contributed by atoms with Crippen LogP contribution in [0, 0.1) is 0 Å². The van der Waals surface area contributed by atoms with Gasteiger partial charge in [-0.2, -0.15) is 0 Å². The maximum atomic E-state index is 5.86. The molecule has 4 nitrogen and oxygen atoms in total. The summed E-state index contributed by atoms with van der Waals surface area (Å²) in [6, 6.07) is 7.92. The largest absolute Gasteiger partial charge is 0.491 e. The van der Waals surface area contributed by atoms with Gasteiger partial charge in [-0.1, -0.05) is 25.1 Å². The molecule has 108 valence electrons. The van der Waals surface area contributed by atoms with Crippen molar-refractivity contribution in [1.29, 1.82) is 0 Å². The molecular weight excluding hydrogens is 242 g/mol. The molecule has 0 fully saturated rings. The molecule has 0 heterocycles. The molecule has 19 heavy (non-hydrogen) atoms. The average Bonchev–Trinajstić information content (AvgIpc) is 2.39. The van der Waals surface area contributed by atoms with E-state index in [-0.39, 0.29) is 18.4 Å². The first-order valence-electron chi connectivity index (χ1n) is 6.68. The van der Waals surface area contributed by atoms with Crippen LogP contribution in [0.5, 0.6) is 5.75 Å². The van der Waals surface area contributed by atoms with Gasteiger partial charge in [-0.3, -0.25) is 0 Å². The normalized spacial score (nSPS) is 13.0. The predicted octanol–water partition coefficient (Wildman–Crippen LogP) is 2.74. The number of hydrogen-bond acceptors (Lipinski definition) is 4. The summed E-state index contributed by atoms with van der Waals surface area (Å²) in [5.74, 6) is 0.863. The van der Waals surface area contributed by atoms with Crippen LogP contribution in [0.3, 0.4) is 0 Å². The lowest BCUT2D eigenvalue weighted by molar-refractivity contribution is -0.124. The van der Waals surface area contributed by atoms with Gasteiger partial charge in [0.15, 0.2) is 6.29 Å². The van der Waals surface area contributed by atoms with Gasteiger partial charge in [-0.15, -0.1) is 0 Å². The molecule has 0 bridgehead atoms. The fourth-order valence-corrected chi connectivity index (χ4v) is 2.04. The molecule has 0 aliphatic heterocycles. The SMILES string of the molecule is CCNC(c1ccccc1OC(C)C)C(OC)OC. The van der Waals surface area contributed by atoms with E-state index in [1.54, 1.807) is 14.2 Å². The summed E-state index contributed by atoms with van der Waals surface area (Å²) in [5.41, 5.74) is 1.05. The monoisotopic (exact) mass is 267 g/mol. The second-order valence-electron chi connectivity index (χ2n) is 4.58. The van der Waals surface area contributed by atoms with Crippen molar-refractivity contribution in [3.05, 3.63) is 29.8 Å². The summed E-state index contributed by atoms with van der Waals surface area (Å²) in [6.45, 7) is 6.91. The third-order valence-corrected chi connectivity index (χ3v) is 2.78. The third kappa shape index (κ3) is 4.49. The lowest BCUT2D eigenvalue weighted by atomic mass is 10.0. The summed E-state index contributed by atoms with van der Waals surface area (Å²) in [5, 5.41) is 3.38. The number of nitrogens with one attached hydrogen (secondary N) is 1. The van der Waals surface area contributed by atoms with Gasteiger partial charge in [0.25, 0.3) is 0 Å². The van der Waals surface area contributed by atoms with Crippen LogP contribution in [0.1, 0.15) is 32.4 Å². The molecular formula is C15H25NO3. The van der Waals surface area contributed by atoms with E-state index in [0.717, 1.165) is 17.9 Å². The zero-order chi connectivity index (χ0) is 14.3. The molecule has 1 aromatic carbocycles. The van der Waals surface area contributed by atoms with E-state index in [2.05, 4.69) is 12.2 Å². The molecule has 0 aliphatic rings. The number of methoxy groups -OCH3 is 2. The van der Waals surface area contributed by atoms with E-state index in [9.17, 15) is 0 Å². The van der Waals surface area contributed by atoms with Crippen LogP contribution >= 0.6 is 0 Å². The molecule has 1 unspecified atom stereocenters. The molecule has 1 aromatic rings. The van der Waals surface area contributed by atoms with Crippen molar-refractivity contribution in [3.8, 4) is 5.75 Å². The number of likely N-dealkylation sites (N-methyl/N-ethyl adjacent to an activating group) is 1. The molecule has 0 aromatic heterocycles. The van der Waals surface area contributed by atoms with Crippen molar-refractivity contribution >= 4 is 0 Å². The highest BCUT2D eigenvalue weighted by Gasteiger charge is 2.25. The van der Waals surface area contributed by atoms with Crippen LogP contribution in [0.4, 0.5) is 0 Å². The maximum absolute atomic E-state index is 5.86. The Morgan fingerprint density at radius 2 is 1.74 bits per heavy atom. The summed E-state index contributed by atoms with van der Waals surface area (Å²) >= 11 is 0. The molecule has 0 radical (unpaired) electrons. The first-order chi connectivity index (χ1) is 9.13. The molecule has 1 N–H and O–H groups in total. The van der Waals surface area contributed by atoms with Gasteiger partial charge in [0.05, 0.1) is 12.1 Å². The zero-order valence-electron chi connectivity index (χ0n) is 12.5. The Balaban J connectivity index is 3.06. The predicted molar refractivity (Wildman–Crippen MR) is 76.4 cm³/mol. The van der Waals surface area contributed by atoms with E-state index in [4.69, 9.17) is 14.2 Å². The van der Waals surface area contributed by atoms with Gasteiger partial charge in [-0.05, 0) is 26.5 Å². The average molecular weight is 267 g/mol. The Labute approximate surface area is 116 Å². The summed E-state index contributed by atoms with van der Waals surface area (Å²) in [4.78, 5) is 0. The minimum Gasteiger partial charge on any atom is -0.491 e. The van der Waals surface area contributed by atoms with E-state index in [1.807, 2.05) is 38.1 Å². The highest BCUT2D eigenvalue weighted by atomic mass is 16.7. The second kappa shape index (κ2) is 8.15. The quantitative estimate of drug-likeness (QED) is 0.735. The fraction of sp³-hybridized carbons (Fsp3) is 0.600. The van der Waals surface area contributed by atoms with Crippen molar-refractivity contribution in [1.82, 2.24) is 5.32 Å². The Bertz CT molecular complexity index is 364. The Hall–Kier alpha value is -1.10. The molecule has 1 atom stereocenters. The number of para-hydroxylation sites is 1. The van der Waals surface area contributed by atoms with Crippen LogP contribution in [-0.2, 0) is 9.47 Å². The Morgan fingerprint density at radius 3 is 2.26 bits per heavy atom. The van der Waals surface area contributed by atoms with Crippen LogP contribution < -0.4 is 10.1 Å². The molecule has 0 amide bonds. The number of benzene rings is 1. The molecule has 4 heteroatoms. The van der Waals surface area contributed by atoms with Crippen LogP contribution in [0.25, 0.3) is 0 Å². The standard InChI is InChI=1S/C15H25NO3/c1-6-16-14(15(17-4)18-5)12-9-7-8-10-13(12)19-11(2)3/h7-11,14-16H,6H2,1-5H3. The molecule has 0 saturated carbocycles. The van der Waals surface area contributed by atoms with Gasteiger partial charge in [0, 0.05) is 19.8 Å². The fourth-order valence-electron chi connectivity index (χ4n) is 2.04. The van der Waals surface area contributed by atoms with Crippen LogP contribution in [-0.4, -0.2) is 33.2 Å². The first kappa shape index (κ1) is 16.0. The minimum atomic E-state index is -0.350. The van der Waals surface area contributed by atoms with Crippen molar-refractivity contribution in [2.24, 2.45) is 0 Å². The topological polar surface area (TPSA) is 39.7 Å². The van der Waals surface area contributed by atoms with Crippen molar-refractivity contribution in [2.75, 3.05) is 20.8 Å². The second-order valence-corrected chi connectivity index (χ2v) is 4.58. The van der Waals surface area contributed by atoms with Crippen LogP contribution in [0.2, 0.25) is 0 Å².